The molecule has 26 heavy (non-hydrogen) atoms. The lowest BCUT2D eigenvalue weighted by Gasteiger charge is -2.59. The largest absolute Gasteiger partial charge is 0.349 e. The highest BCUT2D eigenvalue weighted by atomic mass is 35.5. The Bertz CT molecular complexity index is 813. The molecule has 4 fully saturated rings. The average molecular weight is 396 g/mol. The van der Waals surface area contributed by atoms with Gasteiger partial charge >= 0.3 is 0 Å². The van der Waals surface area contributed by atoms with E-state index in [1.165, 1.54) is 56.7 Å². The average Bonchev–Trinajstić information content (AvgIpc) is 2.52. The van der Waals surface area contributed by atoms with Gasteiger partial charge in [0.1, 0.15) is 0 Å². The molecule has 1 aromatic rings. The molecule has 1 atom stereocenters. The summed E-state index contributed by atoms with van der Waals surface area (Å²) in [6.45, 7) is 2.11. The van der Waals surface area contributed by atoms with Crippen LogP contribution in [0.1, 0.15) is 55.8 Å². The van der Waals surface area contributed by atoms with Crippen LogP contribution in [0, 0.1) is 23.2 Å². The van der Waals surface area contributed by atoms with E-state index in [9.17, 15) is 13.2 Å². The Balaban J connectivity index is 1.55. The zero-order valence-corrected chi connectivity index (χ0v) is 16.9. The van der Waals surface area contributed by atoms with Crippen molar-refractivity contribution in [1.29, 1.82) is 0 Å². The zero-order valence-electron chi connectivity index (χ0n) is 15.3. The predicted molar refractivity (Wildman–Crippen MR) is 102 cm³/mol. The Morgan fingerprint density at radius 1 is 1.15 bits per heavy atom. The molecule has 0 aliphatic heterocycles. The number of hydrogen-bond donors (Lipinski definition) is 1. The summed E-state index contributed by atoms with van der Waals surface area (Å²) < 4.78 is 23.6. The fraction of sp³-hybridized carbons (Fsp3) is 0.650. The molecule has 4 nitrogen and oxygen atoms in total. The number of hydrogen-bond acceptors (Lipinski definition) is 3. The summed E-state index contributed by atoms with van der Waals surface area (Å²) in [6.07, 6.45) is 8.84. The Kier molecular flexibility index (Phi) is 4.39. The van der Waals surface area contributed by atoms with Crippen LogP contribution in [0.3, 0.4) is 0 Å². The molecule has 0 heterocycles. The maximum absolute atomic E-state index is 12.9. The van der Waals surface area contributed by atoms with Crippen LogP contribution in [0.4, 0.5) is 0 Å². The summed E-state index contributed by atoms with van der Waals surface area (Å²) in [6, 6.07) is 4.39. The molecule has 1 amide bonds. The maximum Gasteiger partial charge on any atom is 0.253 e. The summed E-state index contributed by atoms with van der Waals surface area (Å²) >= 11 is 6.19. The molecule has 1 N–H and O–H groups in total. The molecule has 142 valence electrons. The number of halogens is 1. The van der Waals surface area contributed by atoms with Gasteiger partial charge in [0.2, 0.25) is 0 Å². The molecule has 0 spiro atoms. The first kappa shape index (κ1) is 18.3. The van der Waals surface area contributed by atoms with Gasteiger partial charge < -0.3 is 5.32 Å². The van der Waals surface area contributed by atoms with Gasteiger partial charge in [0, 0.05) is 12.3 Å². The topological polar surface area (TPSA) is 63.2 Å². The molecule has 0 unspecified atom stereocenters. The molecule has 4 aliphatic rings. The van der Waals surface area contributed by atoms with E-state index in [2.05, 4.69) is 12.2 Å². The van der Waals surface area contributed by atoms with E-state index in [1.807, 2.05) is 0 Å². The van der Waals surface area contributed by atoms with Crippen molar-refractivity contribution >= 4 is 27.3 Å². The van der Waals surface area contributed by atoms with Crippen LogP contribution in [-0.4, -0.2) is 26.6 Å². The lowest BCUT2D eigenvalue weighted by atomic mass is 9.48. The smallest absolute Gasteiger partial charge is 0.253 e. The second-order valence-electron chi connectivity index (χ2n) is 8.89. The normalized spacial score (nSPS) is 33.9. The SMILES string of the molecule is C[C@@H](NC(=O)c1cc(S(C)(=O)=O)ccc1Cl)C12CC3CC(CC(C3)C1)C2. The summed E-state index contributed by atoms with van der Waals surface area (Å²) in [5, 5.41) is 3.44. The Hall–Kier alpha value is -1.07. The summed E-state index contributed by atoms with van der Waals surface area (Å²) in [5.41, 5.74) is 0.442. The molecule has 0 aromatic heterocycles. The molecular formula is C20H26ClNO3S. The van der Waals surface area contributed by atoms with Crippen LogP contribution in [0.5, 0.6) is 0 Å². The van der Waals surface area contributed by atoms with Crippen molar-refractivity contribution in [3.05, 3.63) is 28.8 Å². The van der Waals surface area contributed by atoms with E-state index in [-0.39, 0.29) is 32.8 Å². The summed E-state index contributed by atoms with van der Waals surface area (Å²) in [4.78, 5) is 13.0. The number of sulfone groups is 1. The van der Waals surface area contributed by atoms with Crippen molar-refractivity contribution in [3.8, 4) is 0 Å². The second kappa shape index (κ2) is 6.23. The zero-order chi connectivity index (χ0) is 18.7. The highest BCUT2D eigenvalue weighted by Gasteiger charge is 2.53. The third-order valence-corrected chi connectivity index (χ3v) is 8.40. The van der Waals surface area contributed by atoms with Gasteiger partial charge in [0.25, 0.3) is 5.91 Å². The van der Waals surface area contributed by atoms with Crippen molar-refractivity contribution in [2.45, 2.75) is 56.4 Å². The van der Waals surface area contributed by atoms with Crippen molar-refractivity contribution in [2.75, 3.05) is 6.26 Å². The summed E-state index contributed by atoms with van der Waals surface area (Å²) in [7, 11) is -3.38. The van der Waals surface area contributed by atoms with Crippen molar-refractivity contribution < 1.29 is 13.2 Å². The minimum Gasteiger partial charge on any atom is -0.349 e. The number of amides is 1. The number of nitrogens with one attached hydrogen (secondary N) is 1. The Morgan fingerprint density at radius 2 is 1.69 bits per heavy atom. The molecule has 0 saturated heterocycles. The van der Waals surface area contributed by atoms with Gasteiger partial charge in [-0.25, -0.2) is 8.42 Å². The minimum atomic E-state index is -3.38. The molecule has 4 aliphatic carbocycles. The molecular weight excluding hydrogens is 370 g/mol. The van der Waals surface area contributed by atoms with Gasteiger partial charge in [0.15, 0.2) is 9.84 Å². The van der Waals surface area contributed by atoms with Gasteiger partial charge in [-0.3, -0.25) is 4.79 Å². The predicted octanol–water partition coefficient (Wildman–Crippen LogP) is 4.08. The highest BCUT2D eigenvalue weighted by Crippen LogP contribution is 2.61. The van der Waals surface area contributed by atoms with Crippen molar-refractivity contribution in [2.24, 2.45) is 23.2 Å². The number of carbonyl (C=O) groups is 1. The lowest BCUT2D eigenvalue weighted by molar-refractivity contribution is -0.0688. The Labute approximate surface area is 160 Å². The number of carbonyl (C=O) groups excluding carboxylic acids is 1. The van der Waals surface area contributed by atoms with E-state index in [4.69, 9.17) is 11.6 Å². The van der Waals surface area contributed by atoms with Crippen LogP contribution >= 0.6 is 11.6 Å². The monoisotopic (exact) mass is 395 g/mol. The quantitative estimate of drug-likeness (QED) is 0.835. The lowest BCUT2D eigenvalue weighted by Crippen LogP contribution is -2.55. The fourth-order valence-corrected chi connectivity index (χ4v) is 6.90. The van der Waals surface area contributed by atoms with Gasteiger partial charge in [-0.15, -0.1) is 0 Å². The minimum absolute atomic E-state index is 0.0707. The van der Waals surface area contributed by atoms with Gasteiger partial charge in [-0.2, -0.15) is 0 Å². The molecule has 1 aromatic carbocycles. The van der Waals surface area contributed by atoms with E-state index in [0.29, 0.717) is 0 Å². The van der Waals surface area contributed by atoms with E-state index in [0.717, 1.165) is 24.0 Å². The first-order valence-corrected chi connectivity index (χ1v) is 11.7. The van der Waals surface area contributed by atoms with Crippen molar-refractivity contribution in [1.82, 2.24) is 5.32 Å². The number of benzene rings is 1. The first-order valence-electron chi connectivity index (χ1n) is 9.47. The van der Waals surface area contributed by atoms with Crippen LogP contribution < -0.4 is 5.32 Å². The summed E-state index contributed by atoms with van der Waals surface area (Å²) in [5.74, 6) is 2.18. The molecule has 5 rings (SSSR count). The van der Waals surface area contributed by atoms with Crippen LogP contribution in [-0.2, 0) is 9.84 Å². The van der Waals surface area contributed by atoms with Gasteiger partial charge in [0.05, 0.1) is 15.5 Å². The van der Waals surface area contributed by atoms with E-state index < -0.39 is 9.84 Å². The molecule has 0 radical (unpaired) electrons. The first-order chi connectivity index (χ1) is 12.2. The second-order valence-corrected chi connectivity index (χ2v) is 11.3. The van der Waals surface area contributed by atoms with E-state index in [1.54, 1.807) is 0 Å². The van der Waals surface area contributed by atoms with Crippen LogP contribution in [0.25, 0.3) is 0 Å². The molecule has 6 heteroatoms. The van der Waals surface area contributed by atoms with E-state index >= 15 is 0 Å². The number of rotatable bonds is 4. The molecule has 4 bridgehead atoms. The maximum atomic E-state index is 12.9. The fourth-order valence-electron chi connectivity index (χ4n) is 6.04. The highest BCUT2D eigenvalue weighted by molar-refractivity contribution is 7.90. The Morgan fingerprint density at radius 3 is 2.19 bits per heavy atom. The third kappa shape index (κ3) is 3.18. The third-order valence-electron chi connectivity index (χ3n) is 6.96. The van der Waals surface area contributed by atoms with Crippen LogP contribution in [0.15, 0.2) is 23.1 Å². The van der Waals surface area contributed by atoms with Gasteiger partial charge in [-0.1, -0.05) is 11.6 Å². The van der Waals surface area contributed by atoms with Crippen LogP contribution in [0.2, 0.25) is 5.02 Å². The standard InChI is InChI=1S/C20H26ClNO3S/c1-12(20-9-13-5-14(10-20)7-15(6-13)11-20)22-19(23)17-8-16(26(2,24)25)3-4-18(17)21/h3-4,8,12-15H,5-7,9-11H2,1-2H3,(H,22,23)/t12-,13?,14?,15?,20?/m1/s1. The van der Waals surface area contributed by atoms with Gasteiger partial charge in [-0.05, 0) is 86.8 Å². The van der Waals surface area contributed by atoms with Crippen molar-refractivity contribution in [3.63, 3.8) is 0 Å². The molecule has 4 saturated carbocycles.